The van der Waals surface area contributed by atoms with E-state index in [1.807, 2.05) is 13.0 Å². The van der Waals surface area contributed by atoms with Crippen LogP contribution in [0.15, 0.2) is 12.1 Å². The molecule has 2 saturated carbocycles. The molecule has 6 rings (SSSR count). The lowest BCUT2D eigenvalue weighted by molar-refractivity contribution is -0.232. The van der Waals surface area contributed by atoms with Gasteiger partial charge in [-0.15, -0.1) is 0 Å². The zero-order chi connectivity index (χ0) is 25.7. The smallest absolute Gasteiger partial charge is 0.166 e. The standard InChI is InChI=1S/C29H43NO7/c1-27(31)8-9-29(32)23-18-21-6-7-22(36-17-16-35-15-14-34-13-12-33-2)25-24(21)28(29,26(27)37-25)10-11-30(23)19-20-4-3-5-20/h6-7,20,23,26,31-32H,3-5,8-19H2,1-2H3/t23-,26+,27-,28+,29-/m1/s1. The highest BCUT2D eigenvalue weighted by atomic mass is 16.6. The fraction of sp³-hybridized carbons (Fsp3) is 0.793. The summed E-state index contributed by atoms with van der Waals surface area (Å²) in [6.45, 7) is 6.88. The largest absolute Gasteiger partial charge is 0.487 e. The maximum Gasteiger partial charge on any atom is 0.166 e. The molecule has 2 N–H and O–H groups in total. The predicted octanol–water partition coefficient (Wildman–Crippen LogP) is 2.45. The summed E-state index contributed by atoms with van der Waals surface area (Å²) < 4.78 is 28.9. The van der Waals surface area contributed by atoms with Gasteiger partial charge in [-0.3, -0.25) is 4.90 Å². The fourth-order valence-corrected chi connectivity index (χ4v) is 7.86. The van der Waals surface area contributed by atoms with E-state index >= 15 is 0 Å². The van der Waals surface area contributed by atoms with Gasteiger partial charge in [0.2, 0.25) is 0 Å². The number of hydrogen-bond acceptors (Lipinski definition) is 8. The van der Waals surface area contributed by atoms with Crippen LogP contribution in [0.1, 0.15) is 56.6 Å². The molecule has 5 atom stereocenters. The number of methoxy groups -OCH3 is 1. The highest BCUT2D eigenvalue weighted by Gasteiger charge is 2.75. The lowest BCUT2D eigenvalue weighted by Crippen LogP contribution is -2.79. The van der Waals surface area contributed by atoms with Gasteiger partial charge in [-0.2, -0.15) is 0 Å². The molecular weight excluding hydrogens is 474 g/mol. The summed E-state index contributed by atoms with van der Waals surface area (Å²) in [5.41, 5.74) is -0.202. The van der Waals surface area contributed by atoms with Gasteiger partial charge in [-0.1, -0.05) is 12.5 Å². The first-order valence-corrected chi connectivity index (χ1v) is 14.2. The van der Waals surface area contributed by atoms with Gasteiger partial charge in [-0.05, 0) is 69.5 Å². The van der Waals surface area contributed by atoms with E-state index in [1.165, 1.54) is 24.8 Å². The molecule has 3 fully saturated rings. The Morgan fingerprint density at radius 2 is 1.76 bits per heavy atom. The zero-order valence-electron chi connectivity index (χ0n) is 22.4. The summed E-state index contributed by atoms with van der Waals surface area (Å²) in [5.74, 6) is 2.15. The van der Waals surface area contributed by atoms with Gasteiger partial charge in [-0.25, -0.2) is 0 Å². The van der Waals surface area contributed by atoms with Crippen LogP contribution in [-0.2, 0) is 26.0 Å². The number of rotatable bonds is 12. The van der Waals surface area contributed by atoms with Gasteiger partial charge in [0.15, 0.2) is 11.5 Å². The molecule has 1 aromatic carbocycles. The Labute approximate surface area is 220 Å². The highest BCUT2D eigenvalue weighted by Crippen LogP contribution is 2.67. The molecule has 8 heteroatoms. The van der Waals surface area contributed by atoms with E-state index in [4.69, 9.17) is 23.7 Å². The van der Waals surface area contributed by atoms with E-state index in [9.17, 15) is 10.2 Å². The van der Waals surface area contributed by atoms with Crippen LogP contribution in [0.3, 0.4) is 0 Å². The van der Waals surface area contributed by atoms with Crippen LogP contribution < -0.4 is 9.47 Å². The summed E-state index contributed by atoms with van der Waals surface area (Å²) in [6, 6.07) is 4.23. The van der Waals surface area contributed by atoms with Crippen molar-refractivity contribution in [3.63, 3.8) is 0 Å². The number of likely N-dealkylation sites (tertiary alicyclic amines) is 1. The fourth-order valence-electron chi connectivity index (χ4n) is 7.86. The third-order valence-corrected chi connectivity index (χ3v) is 9.89. The second-order valence-corrected chi connectivity index (χ2v) is 12.0. The first-order valence-electron chi connectivity index (χ1n) is 14.2. The maximum atomic E-state index is 12.5. The molecule has 0 radical (unpaired) electrons. The lowest BCUT2D eigenvalue weighted by atomic mass is 9.47. The van der Waals surface area contributed by atoms with Crippen LogP contribution in [0.5, 0.6) is 11.5 Å². The lowest BCUT2D eigenvalue weighted by Gasteiger charge is -2.65. The number of aliphatic hydroxyl groups is 2. The monoisotopic (exact) mass is 517 g/mol. The van der Waals surface area contributed by atoms with Crippen LogP contribution >= 0.6 is 0 Å². The molecule has 206 valence electrons. The molecular formula is C29H43NO7. The van der Waals surface area contributed by atoms with Crippen molar-refractivity contribution in [2.75, 3.05) is 59.8 Å². The van der Waals surface area contributed by atoms with Crippen molar-refractivity contribution in [2.45, 2.75) is 80.6 Å². The summed E-state index contributed by atoms with van der Waals surface area (Å²) in [5, 5.41) is 24.1. The summed E-state index contributed by atoms with van der Waals surface area (Å²) >= 11 is 0. The summed E-state index contributed by atoms with van der Waals surface area (Å²) in [6.07, 6.45) is 6.20. The van der Waals surface area contributed by atoms with Crippen molar-refractivity contribution in [3.8, 4) is 11.5 Å². The van der Waals surface area contributed by atoms with Gasteiger partial charge in [0.1, 0.15) is 12.7 Å². The first kappa shape index (κ1) is 25.8. The van der Waals surface area contributed by atoms with Crippen LogP contribution in [0, 0.1) is 5.92 Å². The van der Waals surface area contributed by atoms with E-state index in [1.54, 1.807) is 7.11 Å². The molecule has 1 spiro atoms. The Morgan fingerprint density at radius 1 is 1.00 bits per heavy atom. The van der Waals surface area contributed by atoms with Crippen molar-refractivity contribution >= 4 is 0 Å². The average Bonchev–Trinajstić information content (AvgIpc) is 3.21. The zero-order valence-corrected chi connectivity index (χ0v) is 22.4. The average molecular weight is 518 g/mol. The highest BCUT2D eigenvalue weighted by molar-refractivity contribution is 5.63. The minimum absolute atomic E-state index is 0.0637. The number of piperidine rings is 1. The molecule has 2 aliphatic heterocycles. The van der Waals surface area contributed by atoms with E-state index in [-0.39, 0.29) is 6.04 Å². The van der Waals surface area contributed by atoms with Crippen molar-refractivity contribution in [3.05, 3.63) is 23.3 Å². The molecule has 8 nitrogen and oxygen atoms in total. The minimum Gasteiger partial charge on any atom is -0.487 e. The molecule has 0 aromatic heterocycles. The van der Waals surface area contributed by atoms with Crippen molar-refractivity contribution in [1.82, 2.24) is 4.90 Å². The first-order chi connectivity index (χ1) is 17.9. The minimum atomic E-state index is -1.01. The van der Waals surface area contributed by atoms with E-state index in [0.717, 1.165) is 43.2 Å². The van der Waals surface area contributed by atoms with Crippen LogP contribution in [-0.4, -0.2) is 98.3 Å². The molecule has 1 saturated heterocycles. The summed E-state index contributed by atoms with van der Waals surface area (Å²) in [7, 11) is 1.65. The Hall–Kier alpha value is -1.42. The molecule has 2 heterocycles. The van der Waals surface area contributed by atoms with E-state index < -0.39 is 22.7 Å². The number of ether oxygens (including phenoxy) is 5. The third kappa shape index (κ3) is 4.10. The van der Waals surface area contributed by atoms with Crippen LogP contribution in [0.2, 0.25) is 0 Å². The van der Waals surface area contributed by atoms with Crippen LogP contribution in [0.4, 0.5) is 0 Å². The Balaban J connectivity index is 1.21. The molecule has 0 amide bonds. The Morgan fingerprint density at radius 3 is 2.49 bits per heavy atom. The maximum absolute atomic E-state index is 12.5. The molecule has 0 unspecified atom stereocenters. The number of benzene rings is 1. The molecule has 5 aliphatic rings. The van der Waals surface area contributed by atoms with Crippen LogP contribution in [0.25, 0.3) is 0 Å². The Kier molecular flexibility index (Phi) is 6.95. The van der Waals surface area contributed by atoms with E-state index in [2.05, 4.69) is 11.0 Å². The molecule has 1 aromatic rings. The topological polar surface area (TPSA) is 89.9 Å². The van der Waals surface area contributed by atoms with Crippen molar-refractivity contribution in [1.29, 1.82) is 0 Å². The van der Waals surface area contributed by atoms with Gasteiger partial charge in [0.25, 0.3) is 0 Å². The molecule has 3 aliphatic carbocycles. The molecule has 37 heavy (non-hydrogen) atoms. The van der Waals surface area contributed by atoms with Gasteiger partial charge in [0.05, 0.1) is 49.7 Å². The van der Waals surface area contributed by atoms with Gasteiger partial charge < -0.3 is 33.9 Å². The summed E-state index contributed by atoms with van der Waals surface area (Å²) in [4.78, 5) is 2.56. The Bertz CT molecular complexity index is 981. The van der Waals surface area contributed by atoms with Gasteiger partial charge in [0, 0.05) is 25.3 Å². The molecule has 2 bridgehead atoms. The predicted molar refractivity (Wildman–Crippen MR) is 137 cm³/mol. The van der Waals surface area contributed by atoms with Crippen molar-refractivity contribution in [2.24, 2.45) is 5.92 Å². The normalized spacial score (nSPS) is 36.1. The quantitative estimate of drug-likeness (QED) is 0.409. The third-order valence-electron chi connectivity index (χ3n) is 9.89. The van der Waals surface area contributed by atoms with E-state index in [0.29, 0.717) is 58.2 Å². The second kappa shape index (κ2) is 9.96. The van der Waals surface area contributed by atoms with Gasteiger partial charge >= 0.3 is 0 Å². The number of nitrogens with zero attached hydrogens (tertiary/aromatic N) is 1. The second-order valence-electron chi connectivity index (χ2n) is 12.0. The van der Waals surface area contributed by atoms with Crippen molar-refractivity contribution < 1.29 is 33.9 Å². The SMILES string of the molecule is COCCOCCOCCOc1ccc2c3c1O[C@@H]1[C@]34CCN(CC3CCC3)[C@H](C2)[C@]4(O)CC[C@@]1(C)O. The number of hydrogen-bond donors (Lipinski definition) is 2.